The summed E-state index contributed by atoms with van der Waals surface area (Å²) in [5, 5.41) is 3.81. The minimum absolute atomic E-state index is 0.0144. The van der Waals surface area contributed by atoms with Crippen LogP contribution in [0.25, 0.3) is 0 Å². The third kappa shape index (κ3) is 3.96. The van der Waals surface area contributed by atoms with Crippen molar-refractivity contribution < 1.29 is 9.53 Å². The number of benzene rings is 2. The van der Waals surface area contributed by atoms with E-state index in [0.717, 1.165) is 42.9 Å². The Morgan fingerprint density at radius 1 is 1.17 bits per heavy atom. The Morgan fingerprint density at radius 3 is 2.67 bits per heavy atom. The van der Waals surface area contributed by atoms with Gasteiger partial charge in [-0.2, -0.15) is 0 Å². The van der Waals surface area contributed by atoms with E-state index in [1.54, 1.807) is 12.0 Å². The second-order valence-corrected chi connectivity index (χ2v) is 8.76. The van der Waals surface area contributed by atoms with Gasteiger partial charge in [-0.05, 0) is 56.1 Å². The lowest BCUT2D eigenvalue weighted by Crippen LogP contribution is -2.46. The minimum Gasteiger partial charge on any atom is -0.496 e. The maximum Gasteiger partial charge on any atom is 0.229 e. The van der Waals surface area contributed by atoms with Crippen molar-refractivity contribution >= 4 is 11.6 Å². The van der Waals surface area contributed by atoms with Gasteiger partial charge in [0.25, 0.3) is 0 Å². The highest BCUT2D eigenvalue weighted by Gasteiger charge is 2.31. The van der Waals surface area contributed by atoms with E-state index in [-0.39, 0.29) is 11.8 Å². The Kier molecular flexibility index (Phi) is 6.11. The predicted octanol–water partition coefficient (Wildman–Crippen LogP) is 3.78. The molecule has 0 spiro atoms. The molecule has 2 heterocycles. The van der Waals surface area contributed by atoms with Crippen molar-refractivity contribution in [3.8, 4) is 5.75 Å². The molecule has 1 amide bonds. The van der Waals surface area contributed by atoms with E-state index in [1.807, 2.05) is 14.0 Å². The molecule has 2 unspecified atom stereocenters. The summed E-state index contributed by atoms with van der Waals surface area (Å²) in [4.78, 5) is 16.7. The molecule has 0 bridgehead atoms. The molecule has 30 heavy (non-hydrogen) atoms. The number of carbonyl (C=O) groups excluding carboxylic acids is 1. The van der Waals surface area contributed by atoms with Crippen molar-refractivity contribution in [1.29, 1.82) is 0 Å². The number of methoxy groups -OCH3 is 1. The number of hydrogen-bond donors (Lipinski definition) is 1. The van der Waals surface area contributed by atoms with Gasteiger partial charge in [0.1, 0.15) is 5.75 Å². The molecule has 1 saturated heterocycles. The van der Waals surface area contributed by atoms with Crippen molar-refractivity contribution in [3.63, 3.8) is 0 Å². The topological polar surface area (TPSA) is 44.8 Å². The molecule has 160 valence electrons. The van der Waals surface area contributed by atoms with Gasteiger partial charge in [-0.1, -0.05) is 37.3 Å². The number of piperidine rings is 1. The Labute approximate surface area is 180 Å². The van der Waals surface area contributed by atoms with Gasteiger partial charge in [0.2, 0.25) is 5.91 Å². The first-order chi connectivity index (χ1) is 14.5. The van der Waals surface area contributed by atoms with E-state index in [0.29, 0.717) is 12.1 Å². The molecule has 3 atom stereocenters. The van der Waals surface area contributed by atoms with Gasteiger partial charge in [0.15, 0.2) is 0 Å². The lowest BCUT2D eigenvalue weighted by molar-refractivity contribution is -0.121. The Bertz CT molecular complexity index is 899. The number of carbonyl (C=O) groups is 1. The number of likely N-dealkylation sites (N-methyl/N-ethyl adjacent to an activating group) is 1. The van der Waals surface area contributed by atoms with E-state index >= 15 is 0 Å². The fraction of sp³-hybridized carbons (Fsp3) is 0.480. The Morgan fingerprint density at radius 2 is 1.93 bits per heavy atom. The van der Waals surface area contributed by atoms with Crippen molar-refractivity contribution in [2.24, 2.45) is 5.92 Å². The molecule has 0 aromatic heterocycles. The van der Waals surface area contributed by atoms with Crippen LogP contribution in [0.4, 0.5) is 5.69 Å². The molecule has 2 aromatic rings. The van der Waals surface area contributed by atoms with Crippen LogP contribution < -0.4 is 15.0 Å². The molecule has 1 fully saturated rings. The van der Waals surface area contributed by atoms with E-state index in [4.69, 9.17) is 4.74 Å². The van der Waals surface area contributed by atoms with Crippen LogP contribution in [0, 0.1) is 5.92 Å². The van der Waals surface area contributed by atoms with E-state index in [9.17, 15) is 4.79 Å². The van der Waals surface area contributed by atoms with Crippen LogP contribution in [0.3, 0.4) is 0 Å². The van der Waals surface area contributed by atoms with Gasteiger partial charge in [-0.15, -0.1) is 0 Å². The van der Waals surface area contributed by atoms with Gasteiger partial charge >= 0.3 is 0 Å². The molecular formula is C25H33N3O2. The fourth-order valence-electron chi connectivity index (χ4n) is 5.08. The van der Waals surface area contributed by atoms with E-state index in [1.165, 1.54) is 17.5 Å². The lowest BCUT2D eigenvalue weighted by atomic mass is 9.90. The Balaban J connectivity index is 1.57. The highest BCUT2D eigenvalue weighted by Crippen LogP contribution is 2.36. The van der Waals surface area contributed by atoms with Gasteiger partial charge < -0.3 is 15.0 Å². The maximum atomic E-state index is 12.5. The number of likely N-dealkylation sites (tertiary alicyclic amines) is 1. The summed E-state index contributed by atoms with van der Waals surface area (Å²) in [6.07, 6.45) is 3.10. The van der Waals surface area contributed by atoms with Crippen LogP contribution in [0.1, 0.15) is 42.5 Å². The summed E-state index contributed by atoms with van der Waals surface area (Å²) < 4.78 is 5.73. The number of rotatable bonds is 5. The molecule has 0 radical (unpaired) electrons. The number of ether oxygens (including phenoxy) is 1. The summed E-state index contributed by atoms with van der Waals surface area (Å²) in [6.45, 7) is 3.83. The predicted molar refractivity (Wildman–Crippen MR) is 121 cm³/mol. The number of nitrogens with zero attached hydrogens (tertiary/aromatic N) is 2. The second-order valence-electron chi connectivity index (χ2n) is 8.76. The van der Waals surface area contributed by atoms with Crippen molar-refractivity contribution in [2.45, 2.75) is 44.8 Å². The number of hydrogen-bond acceptors (Lipinski definition) is 4. The van der Waals surface area contributed by atoms with Gasteiger partial charge in [0, 0.05) is 42.8 Å². The monoisotopic (exact) mass is 407 g/mol. The fourth-order valence-corrected chi connectivity index (χ4v) is 5.08. The molecule has 1 N–H and O–H groups in total. The molecule has 2 aliphatic heterocycles. The molecule has 5 nitrogen and oxygen atoms in total. The molecule has 0 saturated carbocycles. The van der Waals surface area contributed by atoms with Crippen LogP contribution in [0.2, 0.25) is 0 Å². The molecule has 2 aromatic carbocycles. The zero-order chi connectivity index (χ0) is 21.3. The number of nitrogens with one attached hydrogen (secondary N) is 1. The van der Waals surface area contributed by atoms with E-state index < -0.39 is 0 Å². The minimum atomic E-state index is 0.0144. The lowest BCUT2D eigenvalue weighted by Gasteiger charge is -2.40. The third-order valence-corrected chi connectivity index (χ3v) is 6.70. The average molecular weight is 408 g/mol. The first kappa shape index (κ1) is 20.9. The van der Waals surface area contributed by atoms with Gasteiger partial charge in [-0.3, -0.25) is 9.69 Å². The van der Waals surface area contributed by atoms with Crippen molar-refractivity contribution in [3.05, 3.63) is 59.2 Å². The van der Waals surface area contributed by atoms with Crippen molar-refractivity contribution in [2.75, 3.05) is 32.6 Å². The molecule has 4 rings (SSSR count). The van der Waals surface area contributed by atoms with Crippen molar-refractivity contribution in [1.82, 2.24) is 10.2 Å². The first-order valence-corrected chi connectivity index (χ1v) is 11.0. The standard InChI is InChI=1S/C25H33N3O2/c1-17-13-19-15-23(30-4)20(14-22(19)28(3)25(17)29)16-26-21-11-8-12-27(2)24(21)18-9-6-5-7-10-18/h5-7,9-10,14-15,17,21,24,26H,8,11-13,16H2,1-4H3/t17-,21?,24?/m0/s1. The summed E-state index contributed by atoms with van der Waals surface area (Å²) in [6, 6.07) is 15.7. The highest BCUT2D eigenvalue weighted by atomic mass is 16.5. The summed E-state index contributed by atoms with van der Waals surface area (Å²) in [5.74, 6) is 1.10. The Hall–Kier alpha value is -2.37. The van der Waals surface area contributed by atoms with E-state index in [2.05, 4.69) is 59.7 Å². The maximum absolute atomic E-state index is 12.5. The molecule has 2 aliphatic rings. The quantitative estimate of drug-likeness (QED) is 0.819. The first-order valence-electron chi connectivity index (χ1n) is 11.0. The smallest absolute Gasteiger partial charge is 0.229 e. The number of anilines is 1. The largest absolute Gasteiger partial charge is 0.496 e. The third-order valence-electron chi connectivity index (χ3n) is 6.70. The van der Waals surface area contributed by atoms with Gasteiger partial charge in [-0.25, -0.2) is 0 Å². The molecular weight excluding hydrogens is 374 g/mol. The second kappa shape index (κ2) is 8.78. The normalized spacial score (nSPS) is 24.6. The summed E-state index contributed by atoms with van der Waals surface area (Å²) in [5.41, 5.74) is 4.65. The van der Waals surface area contributed by atoms with Crippen LogP contribution in [0.5, 0.6) is 5.75 Å². The molecule has 5 heteroatoms. The highest BCUT2D eigenvalue weighted by molar-refractivity contribution is 5.97. The van der Waals surface area contributed by atoms with Crippen LogP contribution in [-0.2, 0) is 17.8 Å². The zero-order valence-corrected chi connectivity index (χ0v) is 18.5. The average Bonchev–Trinajstić information content (AvgIpc) is 2.76. The summed E-state index contributed by atoms with van der Waals surface area (Å²) >= 11 is 0. The summed E-state index contributed by atoms with van der Waals surface area (Å²) in [7, 11) is 5.82. The van der Waals surface area contributed by atoms with Gasteiger partial charge in [0.05, 0.1) is 7.11 Å². The van der Waals surface area contributed by atoms with Crippen LogP contribution in [0.15, 0.2) is 42.5 Å². The van der Waals surface area contributed by atoms with Crippen LogP contribution in [-0.4, -0.2) is 44.6 Å². The number of fused-ring (bicyclic) bond motifs is 1. The number of amides is 1. The molecule has 0 aliphatic carbocycles. The zero-order valence-electron chi connectivity index (χ0n) is 18.5. The SMILES string of the molecule is COc1cc2c(cc1CNC1CCCN(C)C1c1ccccc1)N(C)C(=O)[C@@H](C)C2. The van der Waals surface area contributed by atoms with Crippen LogP contribution >= 0.6 is 0 Å².